The number of alkyl halides is 1. The summed E-state index contributed by atoms with van der Waals surface area (Å²) in [5.74, 6) is -0.266. The van der Waals surface area contributed by atoms with Crippen LogP contribution in [0.25, 0.3) is 22.3 Å². The SMILES string of the molecule is Cc1cnccc1C(=O)Nc1cn[nH]c1-c1cc2c(cn1)cnn2CC(C)(C)F. The van der Waals surface area contributed by atoms with Crippen LogP contribution in [-0.2, 0) is 6.54 Å². The summed E-state index contributed by atoms with van der Waals surface area (Å²) in [6.07, 6.45) is 8.05. The Kier molecular flexibility index (Phi) is 4.57. The molecule has 0 aliphatic heterocycles. The third-order valence-electron chi connectivity index (χ3n) is 4.46. The number of H-pyrrole nitrogens is 1. The molecule has 4 rings (SSSR count). The van der Waals surface area contributed by atoms with Crippen molar-refractivity contribution in [1.29, 1.82) is 0 Å². The average molecular weight is 393 g/mol. The molecule has 0 saturated carbocycles. The number of carbonyl (C=O) groups is 1. The van der Waals surface area contributed by atoms with Crippen molar-refractivity contribution in [3.8, 4) is 11.4 Å². The number of anilines is 1. The average Bonchev–Trinajstić information content (AvgIpc) is 3.27. The second-order valence-electron chi connectivity index (χ2n) is 7.45. The molecule has 0 spiro atoms. The summed E-state index contributed by atoms with van der Waals surface area (Å²) in [4.78, 5) is 21.1. The molecule has 148 valence electrons. The summed E-state index contributed by atoms with van der Waals surface area (Å²) < 4.78 is 15.7. The molecular formula is C20H20FN7O. The Morgan fingerprint density at radius 3 is 2.86 bits per heavy atom. The van der Waals surface area contributed by atoms with Crippen LogP contribution in [0.15, 0.2) is 43.1 Å². The maximum Gasteiger partial charge on any atom is 0.256 e. The zero-order chi connectivity index (χ0) is 20.6. The molecule has 1 amide bonds. The van der Waals surface area contributed by atoms with Gasteiger partial charge in [-0.1, -0.05) is 0 Å². The minimum absolute atomic E-state index is 0.119. The quantitative estimate of drug-likeness (QED) is 0.540. The van der Waals surface area contributed by atoms with Crippen LogP contribution in [0.3, 0.4) is 0 Å². The van der Waals surface area contributed by atoms with Gasteiger partial charge in [-0.05, 0) is 38.5 Å². The van der Waals surface area contributed by atoms with Gasteiger partial charge >= 0.3 is 0 Å². The van der Waals surface area contributed by atoms with E-state index in [2.05, 4.69) is 30.6 Å². The number of carbonyl (C=O) groups excluding carboxylic acids is 1. The number of hydrogen-bond acceptors (Lipinski definition) is 5. The molecule has 0 unspecified atom stereocenters. The number of aromatic nitrogens is 6. The van der Waals surface area contributed by atoms with E-state index in [4.69, 9.17) is 0 Å². The summed E-state index contributed by atoms with van der Waals surface area (Å²) in [7, 11) is 0. The Morgan fingerprint density at radius 1 is 1.28 bits per heavy atom. The molecule has 2 N–H and O–H groups in total. The molecule has 9 heteroatoms. The zero-order valence-corrected chi connectivity index (χ0v) is 16.3. The second kappa shape index (κ2) is 7.08. The summed E-state index contributed by atoms with van der Waals surface area (Å²) in [6, 6.07) is 3.46. The first-order valence-electron chi connectivity index (χ1n) is 9.08. The Balaban J connectivity index is 1.67. The third kappa shape index (κ3) is 3.84. The number of nitrogens with one attached hydrogen (secondary N) is 2. The highest BCUT2D eigenvalue weighted by atomic mass is 19.1. The molecule has 0 aliphatic rings. The van der Waals surface area contributed by atoms with Gasteiger partial charge in [0.25, 0.3) is 5.91 Å². The normalized spacial score (nSPS) is 11.7. The molecule has 0 saturated heterocycles. The van der Waals surface area contributed by atoms with Gasteiger partial charge in [-0.15, -0.1) is 0 Å². The molecule has 4 aromatic rings. The smallest absolute Gasteiger partial charge is 0.256 e. The highest BCUT2D eigenvalue weighted by Crippen LogP contribution is 2.27. The Morgan fingerprint density at radius 2 is 2.10 bits per heavy atom. The van der Waals surface area contributed by atoms with E-state index in [0.717, 1.165) is 16.5 Å². The van der Waals surface area contributed by atoms with Crippen molar-refractivity contribution in [2.45, 2.75) is 33.0 Å². The first-order valence-corrected chi connectivity index (χ1v) is 9.08. The number of pyridine rings is 2. The number of hydrogen-bond donors (Lipinski definition) is 2. The largest absolute Gasteiger partial charge is 0.319 e. The van der Waals surface area contributed by atoms with Gasteiger partial charge in [0.05, 0.1) is 35.8 Å². The first kappa shape index (κ1) is 18.7. The van der Waals surface area contributed by atoms with Gasteiger partial charge in [0.2, 0.25) is 0 Å². The fourth-order valence-corrected chi connectivity index (χ4v) is 3.09. The van der Waals surface area contributed by atoms with E-state index in [-0.39, 0.29) is 12.5 Å². The highest BCUT2D eigenvalue weighted by Gasteiger charge is 2.20. The van der Waals surface area contributed by atoms with Gasteiger partial charge < -0.3 is 5.32 Å². The first-order chi connectivity index (χ1) is 13.8. The molecule has 0 radical (unpaired) electrons. The Labute approximate surface area is 166 Å². The molecule has 4 heterocycles. The van der Waals surface area contributed by atoms with E-state index in [1.54, 1.807) is 41.6 Å². The van der Waals surface area contributed by atoms with Gasteiger partial charge in [-0.2, -0.15) is 10.2 Å². The van der Waals surface area contributed by atoms with Crippen LogP contribution in [0.5, 0.6) is 0 Å². The van der Waals surface area contributed by atoms with Crippen LogP contribution < -0.4 is 5.32 Å². The van der Waals surface area contributed by atoms with E-state index in [9.17, 15) is 9.18 Å². The van der Waals surface area contributed by atoms with Crippen LogP contribution in [0.2, 0.25) is 0 Å². The summed E-state index contributed by atoms with van der Waals surface area (Å²) in [5, 5.41) is 14.8. The van der Waals surface area contributed by atoms with Crippen LogP contribution in [0.1, 0.15) is 29.8 Å². The van der Waals surface area contributed by atoms with Gasteiger partial charge in [0.15, 0.2) is 0 Å². The monoisotopic (exact) mass is 393 g/mol. The number of amides is 1. The van der Waals surface area contributed by atoms with E-state index in [0.29, 0.717) is 22.6 Å². The van der Waals surface area contributed by atoms with Crippen molar-refractivity contribution in [3.05, 3.63) is 54.2 Å². The zero-order valence-electron chi connectivity index (χ0n) is 16.3. The minimum Gasteiger partial charge on any atom is -0.319 e. The number of aromatic amines is 1. The Bertz CT molecular complexity index is 1190. The topological polar surface area (TPSA) is 101 Å². The van der Waals surface area contributed by atoms with E-state index >= 15 is 0 Å². The van der Waals surface area contributed by atoms with E-state index < -0.39 is 5.67 Å². The Hall–Kier alpha value is -3.62. The molecule has 0 aromatic carbocycles. The van der Waals surface area contributed by atoms with Crippen molar-refractivity contribution in [2.24, 2.45) is 0 Å². The van der Waals surface area contributed by atoms with Gasteiger partial charge in [-0.25, -0.2) is 4.39 Å². The summed E-state index contributed by atoms with van der Waals surface area (Å²) in [6.45, 7) is 4.95. The fourth-order valence-electron chi connectivity index (χ4n) is 3.09. The summed E-state index contributed by atoms with van der Waals surface area (Å²) >= 11 is 0. The van der Waals surface area contributed by atoms with Gasteiger partial charge in [-0.3, -0.25) is 24.5 Å². The fraction of sp³-hybridized carbons (Fsp3) is 0.250. The molecule has 4 aromatic heterocycles. The standard InChI is InChI=1S/C20H20FN7O/c1-12-7-22-5-4-14(12)19(29)26-16-10-24-27-18(16)15-6-17-13(8-23-15)9-25-28(17)11-20(2,3)21/h4-10H,11H2,1-3H3,(H,24,27)(H,26,29). The summed E-state index contributed by atoms with van der Waals surface area (Å²) in [5.41, 5.74) is 2.26. The maximum absolute atomic E-state index is 14.1. The highest BCUT2D eigenvalue weighted by molar-refractivity contribution is 6.06. The van der Waals surface area contributed by atoms with Crippen LogP contribution in [-0.4, -0.2) is 41.5 Å². The lowest BCUT2D eigenvalue weighted by atomic mass is 10.1. The minimum atomic E-state index is -1.40. The van der Waals surface area contributed by atoms with Crippen molar-refractivity contribution < 1.29 is 9.18 Å². The van der Waals surface area contributed by atoms with Crippen LogP contribution >= 0.6 is 0 Å². The van der Waals surface area contributed by atoms with E-state index in [1.807, 2.05) is 6.92 Å². The van der Waals surface area contributed by atoms with Gasteiger partial charge in [0, 0.05) is 29.5 Å². The van der Waals surface area contributed by atoms with Crippen molar-refractivity contribution in [3.63, 3.8) is 0 Å². The van der Waals surface area contributed by atoms with Crippen molar-refractivity contribution in [1.82, 2.24) is 29.9 Å². The third-order valence-corrected chi connectivity index (χ3v) is 4.46. The lowest BCUT2D eigenvalue weighted by Gasteiger charge is -2.14. The number of aryl methyl sites for hydroxylation is 1. The van der Waals surface area contributed by atoms with Crippen LogP contribution in [0.4, 0.5) is 10.1 Å². The number of nitrogens with zero attached hydrogens (tertiary/aromatic N) is 5. The molecule has 0 aliphatic carbocycles. The number of rotatable bonds is 5. The number of halogens is 1. The maximum atomic E-state index is 14.1. The molecular weight excluding hydrogens is 373 g/mol. The predicted octanol–water partition coefficient (Wildman–Crippen LogP) is 3.53. The molecule has 0 atom stereocenters. The van der Waals surface area contributed by atoms with E-state index in [1.165, 1.54) is 20.0 Å². The van der Waals surface area contributed by atoms with Crippen molar-refractivity contribution >= 4 is 22.5 Å². The molecule has 8 nitrogen and oxygen atoms in total. The lowest BCUT2D eigenvalue weighted by Crippen LogP contribution is -2.21. The second-order valence-corrected chi connectivity index (χ2v) is 7.45. The molecule has 0 fully saturated rings. The lowest BCUT2D eigenvalue weighted by molar-refractivity contribution is 0.102. The molecule has 0 bridgehead atoms. The van der Waals surface area contributed by atoms with Crippen molar-refractivity contribution in [2.75, 3.05) is 5.32 Å². The van der Waals surface area contributed by atoms with Crippen LogP contribution in [0, 0.1) is 6.92 Å². The number of fused-ring (bicyclic) bond motifs is 1. The van der Waals surface area contributed by atoms with Gasteiger partial charge in [0.1, 0.15) is 11.4 Å². The molecule has 29 heavy (non-hydrogen) atoms. The predicted molar refractivity (Wildman–Crippen MR) is 107 cm³/mol.